The molecule has 0 bridgehead atoms. The van der Waals surface area contributed by atoms with Gasteiger partial charge in [0.2, 0.25) is 6.79 Å². The van der Waals surface area contributed by atoms with Crippen molar-refractivity contribution < 1.29 is 14.6 Å². The Bertz CT molecular complexity index is 452. The molecule has 1 fully saturated rings. The fourth-order valence-electron chi connectivity index (χ4n) is 2.06. The van der Waals surface area contributed by atoms with Crippen LogP contribution in [0.1, 0.15) is 24.0 Å². The predicted molar refractivity (Wildman–Crippen MR) is 62.9 cm³/mol. The van der Waals surface area contributed by atoms with Gasteiger partial charge in [-0.15, -0.1) is 0 Å². The van der Waals surface area contributed by atoms with E-state index >= 15 is 0 Å². The van der Waals surface area contributed by atoms with Gasteiger partial charge in [-0.2, -0.15) is 0 Å². The Kier molecular flexibility index (Phi) is 2.20. The molecule has 16 heavy (non-hydrogen) atoms. The van der Waals surface area contributed by atoms with E-state index in [1.165, 1.54) is 0 Å². The molecule has 3 rings (SSSR count). The third kappa shape index (κ3) is 1.60. The minimum atomic E-state index is -0.483. The molecular weight excluding hydrogens is 272 g/mol. The average Bonchev–Trinajstić information content (AvgIpc) is 2.79. The lowest BCUT2D eigenvalue weighted by atomic mass is 10.0. The predicted octanol–water partition coefficient (Wildman–Crippen LogP) is 2.55. The summed E-state index contributed by atoms with van der Waals surface area (Å²) >= 11 is 3.57. The second kappa shape index (κ2) is 3.37. The lowest BCUT2D eigenvalue weighted by Crippen LogP contribution is -2.11. The van der Waals surface area contributed by atoms with Crippen molar-refractivity contribution in [1.29, 1.82) is 0 Å². The molecule has 0 spiro atoms. The molecule has 1 saturated carbocycles. The second-order valence-electron chi connectivity index (χ2n) is 4.61. The lowest BCUT2D eigenvalue weighted by Gasteiger charge is -2.13. The molecular formula is C12H13BrO3. The Morgan fingerprint density at radius 3 is 2.88 bits per heavy atom. The number of fused-ring (bicyclic) bond motifs is 1. The minimum Gasteiger partial charge on any atom is -0.454 e. The van der Waals surface area contributed by atoms with Gasteiger partial charge in [0.1, 0.15) is 0 Å². The van der Waals surface area contributed by atoms with Gasteiger partial charge in [0.25, 0.3) is 0 Å². The SMILES string of the molecule is Cc1c(Br)c(CC2(O)CC2)cc2c1OCO2. The lowest BCUT2D eigenvalue weighted by molar-refractivity contribution is 0.150. The first-order chi connectivity index (χ1) is 7.59. The van der Waals surface area contributed by atoms with Crippen LogP contribution in [-0.4, -0.2) is 17.5 Å². The van der Waals surface area contributed by atoms with E-state index in [1.807, 2.05) is 13.0 Å². The standard InChI is InChI=1S/C12H13BrO3/c1-7-10(13)8(5-12(14)2-3-12)4-9-11(7)16-6-15-9/h4,14H,2-3,5-6H2,1H3. The molecule has 4 heteroatoms. The van der Waals surface area contributed by atoms with E-state index in [1.54, 1.807) is 0 Å². The average molecular weight is 285 g/mol. The van der Waals surface area contributed by atoms with E-state index in [0.29, 0.717) is 6.42 Å². The molecule has 1 aromatic rings. The number of rotatable bonds is 2. The molecule has 1 aliphatic carbocycles. The zero-order valence-corrected chi connectivity index (χ0v) is 10.6. The van der Waals surface area contributed by atoms with Crippen molar-refractivity contribution in [3.8, 4) is 11.5 Å². The molecule has 2 aliphatic rings. The monoisotopic (exact) mass is 284 g/mol. The van der Waals surface area contributed by atoms with Crippen LogP contribution in [0.4, 0.5) is 0 Å². The molecule has 3 nitrogen and oxygen atoms in total. The van der Waals surface area contributed by atoms with Gasteiger partial charge in [0.15, 0.2) is 11.5 Å². The summed E-state index contributed by atoms with van der Waals surface area (Å²) in [7, 11) is 0. The molecule has 0 radical (unpaired) electrons. The van der Waals surface area contributed by atoms with Crippen molar-refractivity contribution in [1.82, 2.24) is 0 Å². The van der Waals surface area contributed by atoms with Crippen molar-refractivity contribution >= 4 is 15.9 Å². The van der Waals surface area contributed by atoms with Crippen LogP contribution < -0.4 is 9.47 Å². The first-order valence-electron chi connectivity index (χ1n) is 5.39. The molecule has 0 amide bonds. The molecule has 0 aromatic heterocycles. The molecule has 0 atom stereocenters. The molecule has 1 aromatic carbocycles. The van der Waals surface area contributed by atoms with Crippen molar-refractivity contribution in [3.05, 3.63) is 21.7 Å². The molecule has 1 aliphatic heterocycles. The highest BCUT2D eigenvalue weighted by Gasteiger charge is 2.41. The van der Waals surface area contributed by atoms with Gasteiger partial charge in [-0.1, -0.05) is 15.9 Å². The van der Waals surface area contributed by atoms with E-state index in [2.05, 4.69) is 15.9 Å². The molecule has 0 saturated heterocycles. The highest BCUT2D eigenvalue weighted by Crippen LogP contribution is 2.45. The van der Waals surface area contributed by atoms with Gasteiger partial charge in [-0.05, 0) is 31.4 Å². The van der Waals surface area contributed by atoms with Crippen LogP contribution in [0.25, 0.3) is 0 Å². The van der Waals surface area contributed by atoms with E-state index in [4.69, 9.17) is 9.47 Å². The largest absolute Gasteiger partial charge is 0.454 e. The maximum absolute atomic E-state index is 9.95. The Hall–Kier alpha value is -0.740. The normalized spacial score (nSPS) is 19.9. The fourth-order valence-corrected chi connectivity index (χ4v) is 2.49. The number of hydrogen-bond acceptors (Lipinski definition) is 3. The summed E-state index contributed by atoms with van der Waals surface area (Å²) in [5.74, 6) is 1.61. The molecule has 86 valence electrons. The summed E-state index contributed by atoms with van der Waals surface area (Å²) in [6, 6.07) is 1.97. The zero-order chi connectivity index (χ0) is 11.3. The highest BCUT2D eigenvalue weighted by atomic mass is 79.9. The topological polar surface area (TPSA) is 38.7 Å². The van der Waals surface area contributed by atoms with Gasteiger partial charge in [0, 0.05) is 16.5 Å². The summed E-state index contributed by atoms with van der Waals surface area (Å²) in [6.45, 7) is 2.29. The van der Waals surface area contributed by atoms with Gasteiger partial charge in [-0.3, -0.25) is 0 Å². The Labute approximate surface area is 102 Å². The first-order valence-corrected chi connectivity index (χ1v) is 6.18. The van der Waals surface area contributed by atoms with Crippen LogP contribution in [0.15, 0.2) is 10.5 Å². The summed E-state index contributed by atoms with van der Waals surface area (Å²) in [5, 5.41) is 9.95. The quantitative estimate of drug-likeness (QED) is 0.907. The fraction of sp³-hybridized carbons (Fsp3) is 0.500. The Balaban J connectivity index is 2.02. The van der Waals surface area contributed by atoms with Crippen LogP contribution >= 0.6 is 15.9 Å². The third-order valence-electron chi connectivity index (χ3n) is 3.25. The van der Waals surface area contributed by atoms with Crippen LogP contribution in [0.3, 0.4) is 0 Å². The smallest absolute Gasteiger partial charge is 0.231 e. The van der Waals surface area contributed by atoms with Crippen molar-refractivity contribution in [2.75, 3.05) is 6.79 Å². The van der Waals surface area contributed by atoms with Crippen LogP contribution in [0, 0.1) is 6.92 Å². The zero-order valence-electron chi connectivity index (χ0n) is 9.05. The number of aliphatic hydroxyl groups is 1. The van der Waals surface area contributed by atoms with Gasteiger partial charge >= 0.3 is 0 Å². The highest BCUT2D eigenvalue weighted by molar-refractivity contribution is 9.10. The van der Waals surface area contributed by atoms with Crippen molar-refractivity contribution in [2.45, 2.75) is 31.8 Å². The third-order valence-corrected chi connectivity index (χ3v) is 4.35. The maximum Gasteiger partial charge on any atom is 0.231 e. The molecule has 1 heterocycles. The van der Waals surface area contributed by atoms with Gasteiger partial charge < -0.3 is 14.6 Å². The van der Waals surface area contributed by atoms with E-state index in [0.717, 1.165) is 39.9 Å². The van der Waals surface area contributed by atoms with Crippen LogP contribution in [0.5, 0.6) is 11.5 Å². The van der Waals surface area contributed by atoms with Crippen molar-refractivity contribution in [2.24, 2.45) is 0 Å². The van der Waals surface area contributed by atoms with E-state index < -0.39 is 5.60 Å². The van der Waals surface area contributed by atoms with E-state index in [9.17, 15) is 5.11 Å². The van der Waals surface area contributed by atoms with Crippen molar-refractivity contribution in [3.63, 3.8) is 0 Å². The summed E-state index contributed by atoms with van der Waals surface area (Å²) in [6.07, 6.45) is 2.48. The Morgan fingerprint density at radius 1 is 1.44 bits per heavy atom. The summed E-state index contributed by atoms with van der Waals surface area (Å²) in [5.41, 5.74) is 1.67. The number of benzene rings is 1. The van der Waals surface area contributed by atoms with Crippen LogP contribution in [-0.2, 0) is 6.42 Å². The Morgan fingerprint density at radius 2 is 2.19 bits per heavy atom. The minimum absolute atomic E-state index is 0.288. The number of ether oxygens (including phenoxy) is 2. The number of halogens is 1. The maximum atomic E-state index is 9.95. The van der Waals surface area contributed by atoms with Gasteiger partial charge in [-0.25, -0.2) is 0 Å². The first kappa shape index (κ1) is 10.4. The summed E-state index contributed by atoms with van der Waals surface area (Å²) in [4.78, 5) is 0. The molecule has 1 N–H and O–H groups in total. The van der Waals surface area contributed by atoms with Gasteiger partial charge in [0.05, 0.1) is 5.60 Å². The summed E-state index contributed by atoms with van der Waals surface area (Å²) < 4.78 is 11.8. The second-order valence-corrected chi connectivity index (χ2v) is 5.40. The van der Waals surface area contributed by atoms with E-state index in [-0.39, 0.29) is 6.79 Å². The van der Waals surface area contributed by atoms with Crippen LogP contribution in [0.2, 0.25) is 0 Å². The molecule has 0 unspecified atom stereocenters. The number of hydrogen-bond donors (Lipinski definition) is 1.